The van der Waals surface area contributed by atoms with Gasteiger partial charge in [-0.05, 0) is 47.1 Å². The van der Waals surface area contributed by atoms with Gasteiger partial charge in [0.15, 0.2) is 0 Å². The zero-order chi connectivity index (χ0) is 14.0. The minimum absolute atomic E-state index is 0.0531. The lowest BCUT2D eigenvalue weighted by atomic mass is 10.2. The summed E-state index contributed by atoms with van der Waals surface area (Å²) >= 11 is 10.6. The Morgan fingerprint density at radius 3 is 2.68 bits per heavy atom. The van der Waals surface area contributed by atoms with Crippen molar-refractivity contribution < 1.29 is 4.92 Å². The van der Waals surface area contributed by atoms with Crippen LogP contribution in [0.4, 0.5) is 11.4 Å². The highest BCUT2D eigenvalue weighted by atomic mass is 79.9. The second kappa shape index (κ2) is 5.90. The summed E-state index contributed by atoms with van der Waals surface area (Å²) in [7, 11) is 0. The number of nitrogens with one attached hydrogen (secondary N) is 1. The van der Waals surface area contributed by atoms with Gasteiger partial charge in [0.05, 0.1) is 19.8 Å². The lowest BCUT2D eigenvalue weighted by Gasteiger charge is -2.13. The normalized spacial score (nSPS) is 12.2. The van der Waals surface area contributed by atoms with Crippen LogP contribution < -0.4 is 5.32 Å². The lowest BCUT2D eigenvalue weighted by Crippen LogP contribution is -2.04. The van der Waals surface area contributed by atoms with E-state index in [0.29, 0.717) is 4.47 Å². The summed E-state index contributed by atoms with van der Waals surface area (Å²) in [5.74, 6) is 0. The molecule has 0 amide bonds. The maximum atomic E-state index is 10.7. The standard InChI is InChI=1S/C12H10BrClN2O2S/c1-7(11-4-5-12(14)19-11)15-8-2-3-10(16(17)18)9(13)6-8/h2-7,15H,1H3. The molecule has 0 spiro atoms. The van der Waals surface area contributed by atoms with Crippen LogP contribution >= 0.6 is 38.9 Å². The Morgan fingerprint density at radius 1 is 1.42 bits per heavy atom. The third-order valence-electron chi connectivity index (χ3n) is 2.55. The number of nitrogens with zero attached hydrogens (tertiary/aromatic N) is 1. The van der Waals surface area contributed by atoms with Gasteiger partial charge >= 0.3 is 0 Å². The molecule has 1 aromatic carbocycles. The summed E-state index contributed by atoms with van der Waals surface area (Å²) in [6.07, 6.45) is 0. The quantitative estimate of drug-likeness (QED) is 0.598. The predicted octanol–water partition coefficient (Wildman–Crippen LogP) is 5.25. The number of halogens is 2. The summed E-state index contributed by atoms with van der Waals surface area (Å²) in [5.41, 5.74) is 0.867. The Balaban J connectivity index is 2.15. The molecular weight excluding hydrogens is 352 g/mol. The van der Waals surface area contributed by atoms with Crippen LogP contribution in [0.1, 0.15) is 17.8 Å². The molecule has 1 atom stereocenters. The maximum absolute atomic E-state index is 10.7. The Morgan fingerprint density at radius 2 is 2.16 bits per heavy atom. The number of benzene rings is 1. The monoisotopic (exact) mass is 360 g/mol. The van der Waals surface area contributed by atoms with Gasteiger partial charge in [0.25, 0.3) is 5.69 Å². The molecule has 0 aliphatic rings. The topological polar surface area (TPSA) is 55.2 Å². The molecule has 100 valence electrons. The van der Waals surface area contributed by atoms with Gasteiger partial charge < -0.3 is 5.32 Å². The Labute approximate surface area is 127 Å². The smallest absolute Gasteiger partial charge is 0.283 e. The number of nitro groups is 1. The molecule has 4 nitrogen and oxygen atoms in total. The van der Waals surface area contributed by atoms with E-state index < -0.39 is 4.92 Å². The van der Waals surface area contributed by atoms with Gasteiger partial charge in [0, 0.05) is 16.6 Å². The van der Waals surface area contributed by atoms with Crippen LogP contribution in [0.2, 0.25) is 4.34 Å². The largest absolute Gasteiger partial charge is 0.378 e. The second-order valence-corrected chi connectivity index (χ2v) is 6.53. The van der Waals surface area contributed by atoms with E-state index >= 15 is 0 Å². The number of thiophene rings is 1. The van der Waals surface area contributed by atoms with Crippen molar-refractivity contribution in [1.29, 1.82) is 0 Å². The van der Waals surface area contributed by atoms with Crippen LogP contribution in [0, 0.1) is 10.1 Å². The second-order valence-electron chi connectivity index (χ2n) is 3.93. The molecule has 1 heterocycles. The van der Waals surface area contributed by atoms with E-state index in [0.717, 1.165) is 14.9 Å². The summed E-state index contributed by atoms with van der Waals surface area (Å²) in [5, 5.41) is 14.0. The first kappa shape index (κ1) is 14.3. The highest BCUT2D eigenvalue weighted by molar-refractivity contribution is 9.10. The minimum Gasteiger partial charge on any atom is -0.378 e. The number of hydrogen-bond acceptors (Lipinski definition) is 4. The maximum Gasteiger partial charge on any atom is 0.283 e. The fourth-order valence-corrected chi connectivity index (χ4v) is 3.21. The van der Waals surface area contributed by atoms with Crippen molar-refractivity contribution in [2.75, 3.05) is 5.32 Å². The fraction of sp³-hybridized carbons (Fsp3) is 0.167. The molecule has 0 aliphatic heterocycles. The third-order valence-corrected chi connectivity index (χ3v) is 4.60. The van der Waals surface area contributed by atoms with Crippen LogP contribution in [-0.4, -0.2) is 4.92 Å². The van der Waals surface area contributed by atoms with Gasteiger partial charge in [0.1, 0.15) is 0 Å². The number of rotatable bonds is 4. The number of hydrogen-bond donors (Lipinski definition) is 1. The lowest BCUT2D eigenvalue weighted by molar-refractivity contribution is -0.385. The molecule has 0 saturated heterocycles. The molecule has 2 aromatic rings. The Hall–Kier alpha value is -1.11. The van der Waals surface area contributed by atoms with E-state index in [1.54, 1.807) is 12.1 Å². The average molecular weight is 362 g/mol. The zero-order valence-corrected chi connectivity index (χ0v) is 13.1. The van der Waals surface area contributed by atoms with E-state index in [-0.39, 0.29) is 11.7 Å². The first-order chi connectivity index (χ1) is 8.97. The molecule has 1 N–H and O–H groups in total. The molecule has 1 unspecified atom stereocenters. The van der Waals surface area contributed by atoms with Crippen LogP contribution in [-0.2, 0) is 0 Å². The SMILES string of the molecule is CC(Nc1ccc([N+](=O)[O-])c(Br)c1)c1ccc(Cl)s1. The van der Waals surface area contributed by atoms with E-state index in [1.807, 2.05) is 19.1 Å². The molecule has 19 heavy (non-hydrogen) atoms. The number of anilines is 1. The van der Waals surface area contributed by atoms with E-state index in [1.165, 1.54) is 17.4 Å². The molecule has 7 heteroatoms. The van der Waals surface area contributed by atoms with Gasteiger partial charge in [-0.1, -0.05) is 11.6 Å². The van der Waals surface area contributed by atoms with Gasteiger partial charge in [-0.3, -0.25) is 10.1 Å². The van der Waals surface area contributed by atoms with E-state index in [9.17, 15) is 10.1 Å². The summed E-state index contributed by atoms with van der Waals surface area (Å²) < 4.78 is 1.20. The highest BCUT2D eigenvalue weighted by Gasteiger charge is 2.13. The molecule has 0 radical (unpaired) electrons. The summed E-state index contributed by atoms with van der Waals surface area (Å²) in [4.78, 5) is 11.4. The van der Waals surface area contributed by atoms with Crippen molar-refractivity contribution in [3.05, 3.63) is 54.1 Å². The van der Waals surface area contributed by atoms with Crippen molar-refractivity contribution in [3.63, 3.8) is 0 Å². The van der Waals surface area contributed by atoms with Crippen molar-refractivity contribution in [2.45, 2.75) is 13.0 Å². The first-order valence-electron chi connectivity index (χ1n) is 5.43. The van der Waals surface area contributed by atoms with E-state index in [2.05, 4.69) is 21.2 Å². The van der Waals surface area contributed by atoms with Crippen LogP contribution in [0.25, 0.3) is 0 Å². The predicted molar refractivity (Wildman–Crippen MR) is 82.2 cm³/mol. The summed E-state index contributed by atoms with van der Waals surface area (Å²) in [6.45, 7) is 2.01. The van der Waals surface area contributed by atoms with Crippen LogP contribution in [0.3, 0.4) is 0 Å². The average Bonchev–Trinajstić information content (AvgIpc) is 2.75. The van der Waals surface area contributed by atoms with Crippen LogP contribution in [0.5, 0.6) is 0 Å². The molecule has 0 bridgehead atoms. The highest BCUT2D eigenvalue weighted by Crippen LogP contribution is 2.32. The molecule has 2 rings (SSSR count). The number of nitro benzene ring substituents is 1. The fourth-order valence-electron chi connectivity index (χ4n) is 1.63. The first-order valence-corrected chi connectivity index (χ1v) is 7.42. The van der Waals surface area contributed by atoms with Crippen molar-refractivity contribution in [2.24, 2.45) is 0 Å². The van der Waals surface area contributed by atoms with Crippen molar-refractivity contribution >= 4 is 50.2 Å². The molecule has 1 aromatic heterocycles. The van der Waals surface area contributed by atoms with Gasteiger partial charge in [-0.15, -0.1) is 11.3 Å². The van der Waals surface area contributed by atoms with Gasteiger partial charge in [-0.2, -0.15) is 0 Å². The van der Waals surface area contributed by atoms with Crippen molar-refractivity contribution in [1.82, 2.24) is 0 Å². The van der Waals surface area contributed by atoms with Crippen molar-refractivity contribution in [3.8, 4) is 0 Å². The van der Waals surface area contributed by atoms with Gasteiger partial charge in [0.2, 0.25) is 0 Å². The molecule has 0 aliphatic carbocycles. The Bertz CT molecular complexity index is 618. The third kappa shape index (κ3) is 3.46. The molecular formula is C12H10BrClN2O2S. The Kier molecular flexibility index (Phi) is 4.44. The van der Waals surface area contributed by atoms with Crippen LogP contribution in [0.15, 0.2) is 34.8 Å². The molecule has 0 fully saturated rings. The van der Waals surface area contributed by atoms with E-state index in [4.69, 9.17) is 11.6 Å². The zero-order valence-electron chi connectivity index (χ0n) is 9.89. The molecule has 0 saturated carbocycles. The summed E-state index contributed by atoms with van der Waals surface area (Å²) in [6, 6.07) is 8.76. The van der Waals surface area contributed by atoms with Gasteiger partial charge in [-0.25, -0.2) is 0 Å². The minimum atomic E-state index is -0.420.